The zero-order chi connectivity index (χ0) is 28.4. The van der Waals surface area contributed by atoms with E-state index in [1.165, 1.54) is 12.1 Å². The molecule has 0 aliphatic carbocycles. The molecule has 1 aliphatic heterocycles. The van der Waals surface area contributed by atoms with Crippen LogP contribution in [0.2, 0.25) is 0 Å². The first-order valence-electron chi connectivity index (χ1n) is 12.9. The van der Waals surface area contributed by atoms with Crippen molar-refractivity contribution in [3.05, 3.63) is 65.7 Å². The van der Waals surface area contributed by atoms with E-state index < -0.39 is 34.0 Å². The minimum absolute atomic E-state index is 0.0131. The fourth-order valence-electron chi connectivity index (χ4n) is 4.30. The van der Waals surface area contributed by atoms with Crippen LogP contribution in [0.3, 0.4) is 0 Å². The van der Waals surface area contributed by atoms with Crippen LogP contribution in [0, 0.1) is 5.41 Å². The number of aliphatic carboxylic acids is 1. The third kappa shape index (κ3) is 8.81. The van der Waals surface area contributed by atoms with Crippen LogP contribution in [0.15, 0.2) is 59.5 Å². The number of nitrogens with zero attached hydrogens (tertiary/aromatic N) is 1. The highest BCUT2D eigenvalue weighted by Crippen LogP contribution is 2.22. The Hall–Kier alpha value is -3.41. The van der Waals surface area contributed by atoms with Crippen molar-refractivity contribution in [1.29, 1.82) is 5.41 Å². The van der Waals surface area contributed by atoms with Crippen molar-refractivity contribution in [1.82, 2.24) is 9.62 Å². The molecule has 0 radical (unpaired) electrons. The Morgan fingerprint density at radius 1 is 1.03 bits per heavy atom. The molecule has 0 spiro atoms. The third-order valence-corrected chi connectivity index (χ3v) is 8.33. The second-order valence-corrected chi connectivity index (χ2v) is 11.6. The van der Waals surface area contributed by atoms with Gasteiger partial charge in [-0.1, -0.05) is 48.9 Å². The van der Waals surface area contributed by atoms with Gasteiger partial charge in [-0.15, -0.1) is 0 Å². The maximum absolute atomic E-state index is 13.0. The average Bonchev–Trinajstić information content (AvgIpc) is 3.41. The van der Waals surface area contributed by atoms with E-state index in [9.17, 15) is 27.9 Å². The van der Waals surface area contributed by atoms with E-state index in [1.54, 1.807) is 49.4 Å². The summed E-state index contributed by atoms with van der Waals surface area (Å²) in [6.07, 6.45) is 4.12. The topological polar surface area (TPSA) is 154 Å². The van der Waals surface area contributed by atoms with Crippen molar-refractivity contribution < 1.29 is 32.6 Å². The number of hydrogen-bond donors (Lipinski definition) is 3. The van der Waals surface area contributed by atoms with Gasteiger partial charge in [0.25, 0.3) is 0 Å². The number of carbonyl (C=O) groups excluding carboxylic acids is 2. The Morgan fingerprint density at radius 2 is 1.67 bits per heavy atom. The Morgan fingerprint density at radius 3 is 2.31 bits per heavy atom. The molecule has 1 fully saturated rings. The number of ketones is 1. The number of sulfonamides is 1. The largest absolute Gasteiger partial charge is 0.480 e. The number of hydrogen-bond acceptors (Lipinski definition) is 7. The molecule has 210 valence electrons. The van der Waals surface area contributed by atoms with E-state index in [4.69, 9.17) is 10.1 Å². The maximum Gasteiger partial charge on any atom is 0.326 e. The van der Waals surface area contributed by atoms with Gasteiger partial charge < -0.3 is 20.6 Å². The van der Waals surface area contributed by atoms with Crippen molar-refractivity contribution in [2.45, 2.75) is 68.8 Å². The van der Waals surface area contributed by atoms with Crippen molar-refractivity contribution in [2.75, 3.05) is 13.3 Å². The van der Waals surface area contributed by atoms with E-state index in [1.807, 2.05) is 0 Å². The van der Waals surface area contributed by atoms with Crippen LogP contribution in [-0.2, 0) is 42.0 Å². The summed E-state index contributed by atoms with van der Waals surface area (Å²) in [6.45, 7) is 1.28. The van der Waals surface area contributed by atoms with Gasteiger partial charge in [-0.2, -0.15) is 4.31 Å². The Balaban J connectivity index is 1.55. The molecule has 0 saturated carbocycles. The maximum atomic E-state index is 13.0. The molecule has 2 unspecified atom stereocenters. The molecule has 1 amide bonds. The van der Waals surface area contributed by atoms with Gasteiger partial charge in [-0.3, -0.25) is 9.59 Å². The molecule has 1 heterocycles. The lowest BCUT2D eigenvalue weighted by molar-refractivity contribution is -0.142. The van der Waals surface area contributed by atoms with Gasteiger partial charge in [-0.05, 0) is 49.4 Å². The summed E-state index contributed by atoms with van der Waals surface area (Å²) in [7, 11) is -4.01. The van der Waals surface area contributed by atoms with Crippen LogP contribution in [0.4, 0.5) is 0 Å². The number of benzene rings is 2. The quantitative estimate of drug-likeness (QED) is 0.225. The van der Waals surface area contributed by atoms with Crippen LogP contribution >= 0.6 is 0 Å². The average molecular weight is 558 g/mol. The Kier molecular flexibility index (Phi) is 10.9. The van der Waals surface area contributed by atoms with E-state index in [0.717, 1.165) is 35.6 Å². The van der Waals surface area contributed by atoms with Crippen molar-refractivity contribution in [3.8, 4) is 0 Å². The van der Waals surface area contributed by atoms with E-state index in [2.05, 4.69) is 5.32 Å². The molecule has 2 aromatic rings. The highest BCUT2D eigenvalue weighted by molar-refractivity contribution is 7.89. The van der Waals surface area contributed by atoms with Crippen LogP contribution in [-0.4, -0.2) is 66.6 Å². The number of ether oxygens (including phenoxy) is 1. The molecule has 0 bridgehead atoms. The fourth-order valence-corrected chi connectivity index (χ4v) is 5.78. The van der Waals surface area contributed by atoms with Gasteiger partial charge in [0.1, 0.15) is 24.6 Å². The predicted molar refractivity (Wildman–Crippen MR) is 145 cm³/mol. The standard InChI is InChI=1S/C28H35N3O7S/c1-20(29)8-4-2-5-9-23(32)16-21-12-14-22(15-13-21)17-25(28(34)35)30-27(33)26-18-38-19-31(26)39(36,37)24-10-6-3-7-11-24/h3,6-7,10-15,25-26,29H,2,4-5,8-9,16-19H2,1H3,(H,30,33)(H,34,35). The lowest BCUT2D eigenvalue weighted by Crippen LogP contribution is -2.52. The number of Topliss-reactive ketones (excluding diaryl/α,β-unsaturated/α-hetero) is 1. The molecule has 2 atom stereocenters. The van der Waals surface area contributed by atoms with Gasteiger partial charge in [0.05, 0.1) is 11.5 Å². The van der Waals surface area contributed by atoms with Crippen molar-refractivity contribution in [2.24, 2.45) is 0 Å². The third-order valence-electron chi connectivity index (χ3n) is 6.48. The van der Waals surface area contributed by atoms with E-state index >= 15 is 0 Å². The van der Waals surface area contributed by atoms with Gasteiger partial charge in [0.15, 0.2) is 0 Å². The highest BCUT2D eigenvalue weighted by Gasteiger charge is 2.41. The number of carboxylic acid groups (broad SMARTS) is 1. The Labute approximate surface area is 228 Å². The predicted octanol–water partition coefficient (Wildman–Crippen LogP) is 2.95. The number of carbonyl (C=O) groups is 3. The summed E-state index contributed by atoms with van der Waals surface area (Å²) >= 11 is 0. The van der Waals surface area contributed by atoms with Crippen LogP contribution in [0.1, 0.15) is 50.2 Å². The van der Waals surface area contributed by atoms with Crippen LogP contribution < -0.4 is 5.32 Å². The van der Waals surface area contributed by atoms with Gasteiger partial charge >= 0.3 is 5.97 Å². The first kappa shape index (κ1) is 30.1. The van der Waals surface area contributed by atoms with Crippen LogP contribution in [0.25, 0.3) is 0 Å². The monoisotopic (exact) mass is 557 g/mol. The van der Waals surface area contributed by atoms with Crippen molar-refractivity contribution >= 4 is 33.4 Å². The number of amides is 1. The minimum Gasteiger partial charge on any atom is -0.480 e. The number of unbranched alkanes of at least 4 members (excludes halogenated alkanes) is 2. The molecular weight excluding hydrogens is 522 g/mol. The first-order chi connectivity index (χ1) is 18.6. The lowest BCUT2D eigenvalue weighted by atomic mass is 10.00. The molecule has 11 heteroatoms. The zero-order valence-electron chi connectivity index (χ0n) is 22.0. The van der Waals surface area contributed by atoms with Gasteiger partial charge in [-0.25, -0.2) is 13.2 Å². The van der Waals surface area contributed by atoms with E-state index in [-0.39, 0.29) is 36.9 Å². The number of nitrogens with one attached hydrogen (secondary N) is 2. The first-order valence-corrected chi connectivity index (χ1v) is 14.3. The molecule has 2 aromatic carbocycles. The molecule has 1 aliphatic rings. The molecular formula is C28H35N3O7S. The molecule has 3 rings (SSSR count). The zero-order valence-corrected chi connectivity index (χ0v) is 22.8. The number of carboxylic acids is 1. The fraction of sp³-hybridized carbons (Fsp3) is 0.429. The number of rotatable bonds is 15. The smallest absolute Gasteiger partial charge is 0.326 e. The van der Waals surface area contributed by atoms with E-state index in [0.29, 0.717) is 17.7 Å². The molecule has 0 aromatic heterocycles. The minimum atomic E-state index is -4.01. The molecule has 10 nitrogen and oxygen atoms in total. The summed E-state index contributed by atoms with van der Waals surface area (Å²) < 4.78 is 32.2. The molecule has 1 saturated heterocycles. The van der Waals surface area contributed by atoms with Crippen LogP contribution in [0.5, 0.6) is 0 Å². The SMILES string of the molecule is CC(=N)CCCCCC(=O)Cc1ccc(CC(NC(=O)C2COCN2S(=O)(=O)c2ccccc2)C(=O)O)cc1. The molecule has 39 heavy (non-hydrogen) atoms. The summed E-state index contributed by atoms with van der Waals surface area (Å²) in [5, 5.41) is 19.6. The summed E-state index contributed by atoms with van der Waals surface area (Å²) in [5.74, 6) is -1.88. The summed E-state index contributed by atoms with van der Waals surface area (Å²) in [6, 6.07) is 12.2. The van der Waals surface area contributed by atoms with Gasteiger partial charge in [0, 0.05) is 25.0 Å². The summed E-state index contributed by atoms with van der Waals surface area (Å²) in [5.41, 5.74) is 2.12. The summed E-state index contributed by atoms with van der Waals surface area (Å²) in [4.78, 5) is 37.2. The van der Waals surface area contributed by atoms with Gasteiger partial charge in [0.2, 0.25) is 15.9 Å². The second-order valence-electron chi connectivity index (χ2n) is 9.70. The normalized spacial score (nSPS) is 16.5. The highest BCUT2D eigenvalue weighted by atomic mass is 32.2. The lowest BCUT2D eigenvalue weighted by Gasteiger charge is -2.23. The second kappa shape index (κ2) is 14.1. The Bertz CT molecular complexity index is 1260. The van der Waals surface area contributed by atoms with Crippen molar-refractivity contribution in [3.63, 3.8) is 0 Å². The molecule has 3 N–H and O–H groups in total.